The maximum atomic E-state index is 12.0. The highest BCUT2D eigenvalue weighted by Gasteiger charge is 2.40. The predicted molar refractivity (Wildman–Crippen MR) is 170 cm³/mol. The summed E-state index contributed by atoms with van der Waals surface area (Å²) in [5, 5.41) is 21.1. The lowest BCUT2D eigenvalue weighted by atomic mass is 9.89. The molecule has 5 unspecified atom stereocenters. The summed E-state index contributed by atoms with van der Waals surface area (Å²) in [6, 6.07) is 24.5. The van der Waals surface area contributed by atoms with E-state index in [1.165, 1.54) is 0 Å². The number of carboxylic acid groups (broad SMARTS) is 1. The monoisotopic (exact) mass is 616 g/mol. The second-order valence-corrected chi connectivity index (χ2v) is 12.1. The Bertz CT molecular complexity index is 1410. The molecule has 5 atom stereocenters. The molecule has 0 aliphatic carbocycles. The van der Waals surface area contributed by atoms with Crippen molar-refractivity contribution in [2.75, 3.05) is 26.8 Å². The predicted octanol–water partition coefficient (Wildman–Crippen LogP) is 5.23. The lowest BCUT2D eigenvalue weighted by Crippen LogP contribution is -2.46. The number of aliphatic hydroxyl groups excluding tert-OH is 1. The summed E-state index contributed by atoms with van der Waals surface area (Å²) in [6.45, 7) is 5.07. The lowest BCUT2D eigenvalue weighted by Gasteiger charge is -2.43. The van der Waals surface area contributed by atoms with Crippen LogP contribution in [0.2, 0.25) is 0 Å². The highest BCUT2D eigenvalue weighted by molar-refractivity contribution is 5.80. The lowest BCUT2D eigenvalue weighted by molar-refractivity contribution is -0.276. The Balaban J connectivity index is 1.32. The van der Waals surface area contributed by atoms with E-state index in [1.807, 2.05) is 60.7 Å². The van der Waals surface area contributed by atoms with Crippen LogP contribution in [0.5, 0.6) is 0 Å². The quantitative estimate of drug-likeness (QED) is 0.239. The molecule has 2 saturated heterocycles. The van der Waals surface area contributed by atoms with E-state index in [-0.39, 0.29) is 43.5 Å². The first kappa shape index (κ1) is 32.8. The third-order valence-electron chi connectivity index (χ3n) is 8.89. The minimum Gasteiger partial charge on any atom is -0.481 e. The second-order valence-electron chi connectivity index (χ2n) is 12.1. The number of rotatable bonds is 13. The number of hydrogen-bond acceptors (Lipinski definition) is 7. The number of methoxy groups -OCH3 is 1. The molecule has 240 valence electrons. The van der Waals surface area contributed by atoms with Crippen molar-refractivity contribution in [2.24, 2.45) is 5.92 Å². The van der Waals surface area contributed by atoms with E-state index in [0.29, 0.717) is 19.2 Å². The first-order valence-corrected chi connectivity index (χ1v) is 15.8. The second kappa shape index (κ2) is 15.6. The number of amides is 1. The van der Waals surface area contributed by atoms with Crippen molar-refractivity contribution in [1.29, 1.82) is 0 Å². The average molecular weight is 617 g/mol. The Kier molecular flexibility index (Phi) is 11.4. The van der Waals surface area contributed by atoms with Crippen LogP contribution in [0.3, 0.4) is 0 Å². The maximum absolute atomic E-state index is 12.0. The molecule has 0 aromatic heterocycles. The number of carboxylic acids is 1. The zero-order valence-electron chi connectivity index (χ0n) is 26.1. The molecule has 0 spiro atoms. The van der Waals surface area contributed by atoms with Gasteiger partial charge in [-0.25, -0.2) is 0 Å². The Hall–Kier alpha value is -3.60. The summed E-state index contributed by atoms with van der Waals surface area (Å²) in [6.07, 6.45) is 1.29. The van der Waals surface area contributed by atoms with Crippen LogP contribution in [0.4, 0.5) is 0 Å². The number of benzene rings is 3. The molecule has 0 saturated carbocycles. The van der Waals surface area contributed by atoms with Gasteiger partial charge in [-0.05, 0) is 53.3 Å². The molecule has 9 nitrogen and oxygen atoms in total. The standard InChI is InChI=1S/C36H44N2O7/c1-24-32(21-38-18-4-7-31(38)23-43-2)44-36(45-35(24)28-10-8-25(22-39)9-11-28)29-14-12-27(13-15-29)30-6-3-5-26(19-30)20-37-33(40)16-17-34(41)42/h3,5-6,8-15,19,24,31-32,35-36,39H,4,7,16-18,20-23H2,1-2H3,(H,37,40)(H,41,42). The van der Waals surface area contributed by atoms with Gasteiger partial charge >= 0.3 is 5.97 Å². The van der Waals surface area contributed by atoms with Crippen LogP contribution in [0.25, 0.3) is 11.1 Å². The van der Waals surface area contributed by atoms with E-state index >= 15 is 0 Å². The Morgan fingerprint density at radius 3 is 2.42 bits per heavy atom. The van der Waals surface area contributed by atoms with Gasteiger partial charge in [0.1, 0.15) is 0 Å². The summed E-state index contributed by atoms with van der Waals surface area (Å²) >= 11 is 0. The molecule has 0 radical (unpaired) electrons. The van der Waals surface area contributed by atoms with Crippen molar-refractivity contribution in [3.8, 4) is 11.1 Å². The number of aliphatic carboxylic acids is 1. The SMILES string of the molecule is COCC1CCCN1CC1OC(c2ccc(-c3cccc(CNC(=O)CCC(=O)O)c3)cc2)OC(c2ccc(CO)cc2)C1C. The van der Waals surface area contributed by atoms with E-state index in [1.54, 1.807) is 7.11 Å². The van der Waals surface area contributed by atoms with Gasteiger partial charge in [-0.1, -0.05) is 73.7 Å². The molecule has 45 heavy (non-hydrogen) atoms. The molecule has 2 aliphatic heterocycles. The molecule has 9 heteroatoms. The van der Waals surface area contributed by atoms with E-state index in [2.05, 4.69) is 29.3 Å². The Morgan fingerprint density at radius 2 is 1.71 bits per heavy atom. The molecule has 3 aromatic carbocycles. The molecule has 0 bridgehead atoms. The smallest absolute Gasteiger partial charge is 0.303 e. The van der Waals surface area contributed by atoms with Gasteiger partial charge in [0.25, 0.3) is 0 Å². The summed E-state index contributed by atoms with van der Waals surface area (Å²) in [4.78, 5) is 25.2. The summed E-state index contributed by atoms with van der Waals surface area (Å²) < 4.78 is 18.9. The molecule has 2 fully saturated rings. The van der Waals surface area contributed by atoms with Crippen molar-refractivity contribution < 1.29 is 34.0 Å². The van der Waals surface area contributed by atoms with Crippen molar-refractivity contribution in [3.63, 3.8) is 0 Å². The molecule has 1 amide bonds. The van der Waals surface area contributed by atoms with Gasteiger partial charge in [-0.15, -0.1) is 0 Å². The first-order valence-electron chi connectivity index (χ1n) is 15.8. The van der Waals surface area contributed by atoms with Gasteiger partial charge in [-0.3, -0.25) is 14.5 Å². The zero-order chi connectivity index (χ0) is 31.8. The Labute approximate surface area is 265 Å². The summed E-state index contributed by atoms with van der Waals surface area (Å²) in [5.74, 6) is -1.16. The van der Waals surface area contributed by atoms with Gasteiger partial charge in [0.2, 0.25) is 5.91 Å². The number of aliphatic hydroxyl groups is 1. The minimum atomic E-state index is -0.987. The first-order chi connectivity index (χ1) is 21.8. The fourth-order valence-corrected chi connectivity index (χ4v) is 6.28. The van der Waals surface area contributed by atoms with Crippen molar-refractivity contribution in [1.82, 2.24) is 10.2 Å². The Morgan fingerprint density at radius 1 is 0.956 bits per heavy atom. The molecule has 2 heterocycles. The number of nitrogens with one attached hydrogen (secondary N) is 1. The third kappa shape index (κ3) is 8.56. The van der Waals surface area contributed by atoms with Crippen molar-refractivity contribution in [2.45, 2.75) is 70.3 Å². The van der Waals surface area contributed by atoms with Crippen LogP contribution < -0.4 is 5.32 Å². The fourth-order valence-electron chi connectivity index (χ4n) is 6.28. The average Bonchev–Trinajstić information content (AvgIpc) is 3.50. The number of nitrogens with zero attached hydrogens (tertiary/aromatic N) is 1. The molecule has 2 aliphatic rings. The summed E-state index contributed by atoms with van der Waals surface area (Å²) in [5.41, 5.74) is 5.83. The van der Waals surface area contributed by atoms with E-state index in [0.717, 1.165) is 59.3 Å². The third-order valence-corrected chi connectivity index (χ3v) is 8.89. The van der Waals surface area contributed by atoms with Gasteiger partial charge in [-0.2, -0.15) is 0 Å². The van der Waals surface area contributed by atoms with E-state index < -0.39 is 12.3 Å². The van der Waals surface area contributed by atoms with Crippen LogP contribution in [-0.4, -0.2) is 65.9 Å². The van der Waals surface area contributed by atoms with E-state index in [9.17, 15) is 14.7 Å². The number of carbonyl (C=O) groups excluding carboxylic acids is 1. The maximum Gasteiger partial charge on any atom is 0.303 e. The largest absolute Gasteiger partial charge is 0.481 e. The molecule has 3 N–H and O–H groups in total. The number of ether oxygens (including phenoxy) is 3. The highest BCUT2D eigenvalue weighted by atomic mass is 16.7. The van der Waals surface area contributed by atoms with Crippen molar-refractivity contribution in [3.05, 3.63) is 95.1 Å². The number of hydrogen-bond donors (Lipinski definition) is 3. The minimum absolute atomic E-state index is 0.00223. The number of carbonyl (C=O) groups is 2. The fraction of sp³-hybridized carbons (Fsp3) is 0.444. The van der Waals surface area contributed by atoms with Crippen LogP contribution in [0.15, 0.2) is 72.8 Å². The van der Waals surface area contributed by atoms with Gasteiger partial charge < -0.3 is 29.7 Å². The van der Waals surface area contributed by atoms with Crippen LogP contribution in [0.1, 0.15) is 67.3 Å². The van der Waals surface area contributed by atoms with Gasteiger partial charge in [0, 0.05) is 44.1 Å². The zero-order valence-corrected chi connectivity index (χ0v) is 26.1. The van der Waals surface area contributed by atoms with E-state index in [4.69, 9.17) is 19.3 Å². The molecular formula is C36H44N2O7. The molecule has 5 rings (SSSR count). The van der Waals surface area contributed by atoms with Gasteiger partial charge in [0.05, 0.1) is 31.8 Å². The highest BCUT2D eigenvalue weighted by Crippen LogP contribution is 2.42. The van der Waals surface area contributed by atoms with Crippen LogP contribution >= 0.6 is 0 Å². The summed E-state index contributed by atoms with van der Waals surface area (Å²) in [7, 11) is 1.76. The van der Waals surface area contributed by atoms with Crippen molar-refractivity contribution >= 4 is 11.9 Å². The van der Waals surface area contributed by atoms with Crippen LogP contribution in [-0.2, 0) is 37.0 Å². The number of likely N-dealkylation sites (tertiary alicyclic amines) is 1. The topological polar surface area (TPSA) is 118 Å². The van der Waals surface area contributed by atoms with Crippen LogP contribution in [0, 0.1) is 5.92 Å². The molecular weight excluding hydrogens is 572 g/mol. The normalized spacial score (nSPS) is 23.6. The van der Waals surface area contributed by atoms with Gasteiger partial charge in [0.15, 0.2) is 6.29 Å². The molecule has 3 aromatic rings.